The maximum absolute atomic E-state index is 14.4. The van der Waals surface area contributed by atoms with Crippen molar-refractivity contribution >= 4 is 29.9 Å². The summed E-state index contributed by atoms with van der Waals surface area (Å²) in [5.74, 6) is 0.623. The molecule has 3 N–H and O–H groups in total. The lowest BCUT2D eigenvalue weighted by Gasteiger charge is -2.38. The lowest BCUT2D eigenvalue weighted by Crippen LogP contribution is -2.60. The zero-order chi connectivity index (χ0) is 42.2. The Hall–Kier alpha value is -4.87. The van der Waals surface area contributed by atoms with Crippen molar-refractivity contribution in [3.8, 4) is 5.69 Å². The van der Waals surface area contributed by atoms with Crippen molar-refractivity contribution in [3.63, 3.8) is 0 Å². The van der Waals surface area contributed by atoms with Crippen LogP contribution < -0.4 is 21.6 Å². The van der Waals surface area contributed by atoms with Crippen molar-refractivity contribution in [1.29, 1.82) is 0 Å². The van der Waals surface area contributed by atoms with E-state index in [1.54, 1.807) is 55.4 Å². The van der Waals surface area contributed by atoms with Gasteiger partial charge >= 0.3 is 30.1 Å². The number of amides is 5. The Morgan fingerprint density at radius 3 is 2.00 bits per heavy atom. The van der Waals surface area contributed by atoms with Crippen LogP contribution in [0.25, 0.3) is 5.69 Å². The Balaban J connectivity index is 1.14. The van der Waals surface area contributed by atoms with Gasteiger partial charge in [0.25, 0.3) is 0 Å². The molecule has 5 rings (SSSR count). The Morgan fingerprint density at radius 1 is 0.860 bits per heavy atom. The fourth-order valence-electron chi connectivity index (χ4n) is 7.44. The average Bonchev–Trinajstić information content (AvgIpc) is 3.52. The Labute approximate surface area is 330 Å². The summed E-state index contributed by atoms with van der Waals surface area (Å²) in [5, 5.41) is 7.96. The standard InChI is InChI=1S/C39H55F3N8O7/c1-23(49-21-27-26(28(27)22-49)20-43-34(54)56-36(2,3)4)18-24-10-11-25(19-29(24)39(40,41)42)50-13-12-30(45-33(50)53)44-32(52)48-16-14-47(15-17-48)31(51)38(8,9)46-35(55)57-37(5,6)7/h10-13,19,23,26-28H,14-18,20-22H2,1-9H3,(H,43,54)(H,46,55)(H,44,45,52,53). The fourth-order valence-corrected chi connectivity index (χ4v) is 7.44. The Bertz CT molecular complexity index is 1890. The van der Waals surface area contributed by atoms with Crippen LogP contribution in [0.3, 0.4) is 0 Å². The molecular formula is C39H55F3N8O7. The van der Waals surface area contributed by atoms with E-state index in [4.69, 9.17) is 9.47 Å². The second-order valence-corrected chi connectivity index (χ2v) is 17.6. The van der Waals surface area contributed by atoms with Crippen LogP contribution in [0.1, 0.15) is 73.4 Å². The summed E-state index contributed by atoms with van der Waals surface area (Å²) in [4.78, 5) is 72.6. The number of fused-ring (bicyclic) bond motifs is 1. The molecule has 15 nitrogen and oxygen atoms in total. The minimum absolute atomic E-state index is 0.0262. The average molecular weight is 805 g/mol. The van der Waals surface area contributed by atoms with Crippen LogP contribution in [-0.4, -0.2) is 117 Å². The molecule has 3 atom stereocenters. The molecule has 3 fully saturated rings. The lowest BCUT2D eigenvalue weighted by molar-refractivity contribution is -0.139. The first-order chi connectivity index (χ1) is 26.3. The van der Waals surface area contributed by atoms with Gasteiger partial charge in [-0.1, -0.05) is 6.07 Å². The number of piperidine rings is 1. The fraction of sp³-hybridized carbons (Fsp3) is 0.641. The summed E-state index contributed by atoms with van der Waals surface area (Å²) < 4.78 is 54.8. The van der Waals surface area contributed by atoms with E-state index < -0.39 is 52.4 Å². The van der Waals surface area contributed by atoms with E-state index in [0.717, 1.165) is 23.7 Å². The van der Waals surface area contributed by atoms with Gasteiger partial charge in [0.1, 0.15) is 22.6 Å². The Morgan fingerprint density at radius 2 is 1.44 bits per heavy atom. The summed E-state index contributed by atoms with van der Waals surface area (Å²) in [6.07, 6.45) is -4.47. The molecule has 1 saturated carbocycles. The zero-order valence-corrected chi connectivity index (χ0v) is 34.1. The highest BCUT2D eigenvalue weighted by atomic mass is 19.4. The number of piperazine rings is 1. The highest BCUT2D eigenvalue weighted by Gasteiger charge is 2.56. The molecule has 18 heteroatoms. The van der Waals surface area contributed by atoms with Gasteiger partial charge < -0.3 is 29.9 Å². The van der Waals surface area contributed by atoms with Gasteiger partial charge in [-0.15, -0.1) is 0 Å². The number of halogens is 3. The van der Waals surface area contributed by atoms with Crippen molar-refractivity contribution in [2.45, 2.75) is 97.7 Å². The molecule has 2 aromatic rings. The number of carbonyl (C=O) groups is 4. The molecule has 57 heavy (non-hydrogen) atoms. The van der Waals surface area contributed by atoms with Crippen LogP contribution >= 0.6 is 0 Å². The van der Waals surface area contributed by atoms with E-state index in [1.807, 2.05) is 6.92 Å². The third-order valence-electron chi connectivity index (χ3n) is 10.3. The molecule has 0 bridgehead atoms. The smallest absolute Gasteiger partial charge is 0.416 e. The summed E-state index contributed by atoms with van der Waals surface area (Å²) in [6.45, 7) is 18.2. The lowest BCUT2D eigenvalue weighted by atomic mass is 9.98. The van der Waals surface area contributed by atoms with Crippen molar-refractivity contribution in [1.82, 2.24) is 34.9 Å². The maximum Gasteiger partial charge on any atom is 0.416 e. The number of carbonyl (C=O) groups excluding carboxylic acids is 4. The molecule has 0 radical (unpaired) electrons. The van der Waals surface area contributed by atoms with Gasteiger partial charge in [0, 0.05) is 58.1 Å². The number of nitrogens with one attached hydrogen (secondary N) is 3. The number of ether oxygens (including phenoxy) is 2. The van der Waals surface area contributed by atoms with E-state index in [1.165, 1.54) is 34.2 Å². The van der Waals surface area contributed by atoms with Gasteiger partial charge in [0.15, 0.2) is 0 Å². The van der Waals surface area contributed by atoms with Gasteiger partial charge in [-0.2, -0.15) is 18.2 Å². The highest BCUT2D eigenvalue weighted by molar-refractivity contribution is 5.90. The zero-order valence-electron chi connectivity index (χ0n) is 34.1. The van der Waals surface area contributed by atoms with Crippen molar-refractivity contribution in [3.05, 3.63) is 52.1 Å². The van der Waals surface area contributed by atoms with E-state index >= 15 is 0 Å². The third-order valence-corrected chi connectivity index (χ3v) is 10.3. The largest absolute Gasteiger partial charge is 0.444 e. The van der Waals surface area contributed by atoms with Crippen LogP contribution in [0.4, 0.5) is 33.4 Å². The molecule has 1 aromatic carbocycles. The molecular weight excluding hydrogens is 749 g/mol. The maximum atomic E-state index is 14.4. The first kappa shape index (κ1) is 43.3. The summed E-state index contributed by atoms with van der Waals surface area (Å²) in [5.41, 5.74) is -4.23. The minimum Gasteiger partial charge on any atom is -0.444 e. The summed E-state index contributed by atoms with van der Waals surface area (Å²) >= 11 is 0. The predicted molar refractivity (Wildman–Crippen MR) is 205 cm³/mol. The monoisotopic (exact) mass is 804 g/mol. The molecule has 314 valence electrons. The highest BCUT2D eigenvalue weighted by Crippen LogP contribution is 2.52. The van der Waals surface area contributed by atoms with Crippen LogP contribution in [0.15, 0.2) is 35.3 Å². The summed E-state index contributed by atoms with van der Waals surface area (Å²) in [7, 11) is 0. The van der Waals surface area contributed by atoms with E-state index in [-0.39, 0.29) is 61.6 Å². The number of benzene rings is 1. The van der Waals surface area contributed by atoms with Crippen LogP contribution in [0.2, 0.25) is 0 Å². The number of alkyl halides is 3. The molecule has 2 aliphatic heterocycles. The van der Waals surface area contributed by atoms with Gasteiger partial charge in [0.05, 0.1) is 11.3 Å². The van der Waals surface area contributed by atoms with Crippen LogP contribution in [0.5, 0.6) is 0 Å². The normalized spacial score (nSPS) is 20.7. The molecule has 5 amide bonds. The number of alkyl carbamates (subject to hydrolysis) is 2. The number of urea groups is 1. The van der Waals surface area contributed by atoms with E-state index in [9.17, 15) is 37.1 Å². The SMILES string of the molecule is CC(Cc1ccc(-n2ccc(NC(=O)N3CCN(C(=O)C(C)(C)NC(=O)OC(C)(C)C)CC3)nc2=O)cc1C(F)(F)F)N1CC2C(CNC(=O)OC(C)(C)C)C2C1. The number of hydrogen-bond donors (Lipinski definition) is 3. The van der Waals surface area contributed by atoms with Gasteiger partial charge in [-0.3, -0.25) is 19.6 Å². The van der Waals surface area contributed by atoms with Crippen LogP contribution in [0, 0.1) is 17.8 Å². The second kappa shape index (κ2) is 16.2. The summed E-state index contributed by atoms with van der Waals surface area (Å²) in [6, 6.07) is 4.35. The Kier molecular flexibility index (Phi) is 12.3. The topological polar surface area (TPSA) is 167 Å². The number of aromatic nitrogens is 2. The van der Waals surface area contributed by atoms with Gasteiger partial charge in [0.2, 0.25) is 5.91 Å². The molecule has 3 unspecified atom stereocenters. The predicted octanol–water partition coefficient (Wildman–Crippen LogP) is 4.86. The molecule has 1 aliphatic carbocycles. The molecule has 3 heterocycles. The molecule has 0 spiro atoms. The van der Waals surface area contributed by atoms with Crippen molar-refractivity contribution in [2.75, 3.05) is 51.1 Å². The number of rotatable bonds is 9. The number of anilines is 1. The molecule has 1 aromatic heterocycles. The van der Waals surface area contributed by atoms with E-state index in [2.05, 4.69) is 25.8 Å². The molecule has 3 aliphatic rings. The number of likely N-dealkylation sites (tertiary alicyclic amines) is 1. The third kappa shape index (κ3) is 11.2. The second-order valence-electron chi connectivity index (χ2n) is 17.6. The minimum atomic E-state index is -4.68. The van der Waals surface area contributed by atoms with Crippen LogP contribution in [-0.2, 0) is 26.9 Å². The quantitative estimate of drug-likeness (QED) is 0.321. The van der Waals surface area contributed by atoms with E-state index in [0.29, 0.717) is 24.3 Å². The molecule has 2 saturated heterocycles. The van der Waals surface area contributed by atoms with Crippen molar-refractivity contribution < 1.29 is 41.8 Å². The first-order valence-corrected chi connectivity index (χ1v) is 19.2. The van der Waals surface area contributed by atoms with Crippen molar-refractivity contribution in [2.24, 2.45) is 17.8 Å². The van der Waals surface area contributed by atoms with Gasteiger partial charge in [-0.05, 0) is 110 Å². The number of hydrogen-bond acceptors (Lipinski definition) is 9. The van der Waals surface area contributed by atoms with Gasteiger partial charge in [-0.25, -0.2) is 19.2 Å². The number of nitrogens with zero attached hydrogens (tertiary/aromatic N) is 5. The first-order valence-electron chi connectivity index (χ1n) is 19.2.